The van der Waals surface area contributed by atoms with Crippen LogP contribution in [0.25, 0.3) is 0 Å². The highest BCUT2D eigenvalue weighted by molar-refractivity contribution is 5.31. The summed E-state index contributed by atoms with van der Waals surface area (Å²) in [5, 5.41) is 11.4. The molecule has 0 aliphatic heterocycles. The third kappa shape index (κ3) is 4.03. The van der Waals surface area contributed by atoms with Crippen molar-refractivity contribution >= 4 is 0 Å². The van der Waals surface area contributed by atoms with E-state index in [1.54, 1.807) is 0 Å². The molecular formula is C15H19N3O. The van der Waals surface area contributed by atoms with Crippen molar-refractivity contribution in [2.24, 2.45) is 0 Å². The standard InChI is InChI=1S/C15H19N3O/c1-3-12-6-5-7-14(10-12)19-15-9-8-13(17-18-15)11-16-4-2/h5-10,16H,3-4,11H2,1-2H3. The van der Waals surface area contributed by atoms with Gasteiger partial charge in [-0.25, -0.2) is 0 Å². The number of aryl methyl sites for hydroxylation is 1. The fraction of sp³-hybridized carbons (Fsp3) is 0.333. The van der Waals surface area contributed by atoms with Gasteiger partial charge in [-0.1, -0.05) is 26.0 Å². The summed E-state index contributed by atoms with van der Waals surface area (Å²) >= 11 is 0. The molecule has 1 aromatic carbocycles. The molecule has 0 bridgehead atoms. The molecule has 0 unspecified atom stereocenters. The average Bonchev–Trinajstić information content (AvgIpc) is 2.47. The van der Waals surface area contributed by atoms with Crippen molar-refractivity contribution in [3.8, 4) is 11.6 Å². The topological polar surface area (TPSA) is 47.0 Å². The molecule has 0 spiro atoms. The number of hydrogen-bond acceptors (Lipinski definition) is 4. The van der Waals surface area contributed by atoms with Crippen molar-refractivity contribution in [1.29, 1.82) is 0 Å². The highest BCUT2D eigenvalue weighted by atomic mass is 16.5. The monoisotopic (exact) mass is 257 g/mol. The number of benzene rings is 1. The van der Waals surface area contributed by atoms with Gasteiger partial charge in [0, 0.05) is 12.6 Å². The Balaban J connectivity index is 2.02. The Morgan fingerprint density at radius 3 is 2.68 bits per heavy atom. The van der Waals surface area contributed by atoms with Crippen molar-refractivity contribution < 1.29 is 4.74 Å². The SMILES string of the molecule is CCNCc1ccc(Oc2cccc(CC)c2)nn1. The van der Waals surface area contributed by atoms with Crippen LogP contribution in [0.15, 0.2) is 36.4 Å². The molecule has 0 saturated heterocycles. The molecule has 0 amide bonds. The maximum Gasteiger partial charge on any atom is 0.238 e. The molecule has 1 heterocycles. The largest absolute Gasteiger partial charge is 0.438 e. The highest BCUT2D eigenvalue weighted by Crippen LogP contribution is 2.20. The smallest absolute Gasteiger partial charge is 0.238 e. The molecule has 100 valence electrons. The van der Waals surface area contributed by atoms with E-state index in [0.717, 1.165) is 31.0 Å². The van der Waals surface area contributed by atoms with E-state index < -0.39 is 0 Å². The second-order valence-electron chi connectivity index (χ2n) is 4.25. The summed E-state index contributed by atoms with van der Waals surface area (Å²) in [5.74, 6) is 1.32. The van der Waals surface area contributed by atoms with Crippen LogP contribution in [0.3, 0.4) is 0 Å². The van der Waals surface area contributed by atoms with Crippen molar-refractivity contribution in [2.75, 3.05) is 6.54 Å². The quantitative estimate of drug-likeness (QED) is 0.864. The number of nitrogens with one attached hydrogen (secondary N) is 1. The van der Waals surface area contributed by atoms with E-state index in [2.05, 4.69) is 35.4 Å². The minimum absolute atomic E-state index is 0.522. The van der Waals surface area contributed by atoms with Gasteiger partial charge >= 0.3 is 0 Å². The van der Waals surface area contributed by atoms with Crippen LogP contribution >= 0.6 is 0 Å². The normalized spacial score (nSPS) is 10.4. The molecule has 0 fully saturated rings. The first-order valence-electron chi connectivity index (χ1n) is 6.62. The van der Waals surface area contributed by atoms with E-state index in [-0.39, 0.29) is 0 Å². The highest BCUT2D eigenvalue weighted by Gasteiger charge is 2.01. The number of aromatic nitrogens is 2. The fourth-order valence-corrected chi connectivity index (χ4v) is 1.70. The van der Waals surface area contributed by atoms with Gasteiger partial charge in [0.2, 0.25) is 5.88 Å². The average molecular weight is 257 g/mol. The summed E-state index contributed by atoms with van der Waals surface area (Å²) in [7, 11) is 0. The lowest BCUT2D eigenvalue weighted by Crippen LogP contribution is -2.13. The van der Waals surface area contributed by atoms with E-state index in [1.165, 1.54) is 5.56 Å². The van der Waals surface area contributed by atoms with Gasteiger partial charge in [0.1, 0.15) is 5.75 Å². The molecule has 19 heavy (non-hydrogen) atoms. The van der Waals surface area contributed by atoms with Crippen LogP contribution < -0.4 is 10.1 Å². The molecule has 2 rings (SSSR count). The van der Waals surface area contributed by atoms with Crippen LogP contribution in [-0.4, -0.2) is 16.7 Å². The lowest BCUT2D eigenvalue weighted by Gasteiger charge is -2.06. The van der Waals surface area contributed by atoms with Crippen LogP contribution in [0.5, 0.6) is 11.6 Å². The van der Waals surface area contributed by atoms with Crippen molar-refractivity contribution in [1.82, 2.24) is 15.5 Å². The third-order valence-electron chi connectivity index (χ3n) is 2.78. The predicted octanol–water partition coefficient (Wildman–Crippen LogP) is 2.94. The van der Waals surface area contributed by atoms with Gasteiger partial charge in [-0.3, -0.25) is 0 Å². The Morgan fingerprint density at radius 2 is 2.00 bits per heavy atom. The van der Waals surface area contributed by atoms with Gasteiger partial charge in [-0.15, -0.1) is 5.10 Å². The Labute approximate surface area is 113 Å². The Kier molecular flexibility index (Phi) is 4.86. The molecule has 1 aromatic heterocycles. The fourth-order valence-electron chi connectivity index (χ4n) is 1.70. The van der Waals surface area contributed by atoms with E-state index in [0.29, 0.717) is 5.88 Å². The zero-order chi connectivity index (χ0) is 13.5. The zero-order valence-corrected chi connectivity index (χ0v) is 11.4. The van der Waals surface area contributed by atoms with E-state index in [1.807, 2.05) is 30.3 Å². The Bertz CT molecular complexity index is 511. The van der Waals surface area contributed by atoms with E-state index >= 15 is 0 Å². The number of rotatable bonds is 6. The maximum atomic E-state index is 5.69. The van der Waals surface area contributed by atoms with E-state index in [9.17, 15) is 0 Å². The molecule has 1 N–H and O–H groups in total. The molecule has 4 heteroatoms. The van der Waals surface area contributed by atoms with Crippen molar-refractivity contribution in [2.45, 2.75) is 26.8 Å². The van der Waals surface area contributed by atoms with Gasteiger partial charge in [0.15, 0.2) is 0 Å². The molecular weight excluding hydrogens is 238 g/mol. The van der Waals surface area contributed by atoms with Crippen molar-refractivity contribution in [3.63, 3.8) is 0 Å². The van der Waals surface area contributed by atoms with Crippen LogP contribution in [0.1, 0.15) is 25.1 Å². The van der Waals surface area contributed by atoms with E-state index in [4.69, 9.17) is 4.74 Å². The molecule has 4 nitrogen and oxygen atoms in total. The minimum Gasteiger partial charge on any atom is -0.438 e. The number of hydrogen-bond donors (Lipinski definition) is 1. The lowest BCUT2D eigenvalue weighted by atomic mass is 10.2. The summed E-state index contributed by atoms with van der Waals surface area (Å²) in [6, 6.07) is 11.8. The van der Waals surface area contributed by atoms with Gasteiger partial charge in [-0.2, -0.15) is 5.10 Å². The van der Waals surface area contributed by atoms with Crippen LogP contribution in [0, 0.1) is 0 Å². The second kappa shape index (κ2) is 6.85. The number of ether oxygens (including phenoxy) is 1. The lowest BCUT2D eigenvalue weighted by molar-refractivity contribution is 0.452. The number of nitrogens with zero attached hydrogens (tertiary/aromatic N) is 2. The first-order valence-corrected chi connectivity index (χ1v) is 6.62. The first kappa shape index (κ1) is 13.5. The van der Waals surface area contributed by atoms with Crippen LogP contribution in [-0.2, 0) is 13.0 Å². The van der Waals surface area contributed by atoms with Crippen molar-refractivity contribution in [3.05, 3.63) is 47.7 Å². The van der Waals surface area contributed by atoms with Crippen LogP contribution in [0.2, 0.25) is 0 Å². The summed E-state index contributed by atoms with van der Waals surface area (Å²) in [6.45, 7) is 5.83. The zero-order valence-electron chi connectivity index (χ0n) is 11.4. The van der Waals surface area contributed by atoms with Gasteiger partial charge < -0.3 is 10.1 Å². The molecule has 0 saturated carbocycles. The van der Waals surface area contributed by atoms with Gasteiger partial charge in [0.25, 0.3) is 0 Å². The van der Waals surface area contributed by atoms with Gasteiger partial charge in [0.05, 0.1) is 5.69 Å². The second-order valence-corrected chi connectivity index (χ2v) is 4.25. The summed E-state index contributed by atoms with van der Waals surface area (Å²) in [4.78, 5) is 0. The predicted molar refractivity (Wildman–Crippen MR) is 75.3 cm³/mol. The Hall–Kier alpha value is -1.94. The molecule has 0 radical (unpaired) electrons. The first-order chi connectivity index (χ1) is 9.31. The third-order valence-corrected chi connectivity index (χ3v) is 2.78. The summed E-state index contributed by atoms with van der Waals surface area (Å²) < 4.78 is 5.69. The Morgan fingerprint density at radius 1 is 1.11 bits per heavy atom. The summed E-state index contributed by atoms with van der Waals surface area (Å²) in [5.41, 5.74) is 2.16. The molecule has 0 aliphatic rings. The van der Waals surface area contributed by atoms with Gasteiger partial charge in [-0.05, 0) is 36.7 Å². The maximum absolute atomic E-state index is 5.69. The molecule has 0 aliphatic carbocycles. The van der Waals surface area contributed by atoms with Crippen LogP contribution in [0.4, 0.5) is 0 Å². The molecule has 2 aromatic rings. The molecule has 0 atom stereocenters. The summed E-state index contributed by atoms with van der Waals surface area (Å²) in [6.07, 6.45) is 0.991. The minimum atomic E-state index is 0.522.